The summed E-state index contributed by atoms with van der Waals surface area (Å²) in [7, 11) is 0.860. The Morgan fingerprint density at radius 1 is 1.21 bits per heavy atom. The van der Waals surface area contributed by atoms with Gasteiger partial charge in [0.15, 0.2) is 0 Å². The first kappa shape index (κ1) is 24.3. The molecule has 2 saturated heterocycles. The molecule has 3 heterocycles. The standard InChI is InChI=1S/C24H33BN4O5/c1-15-11-19(29(14-15)20(30)13-27-22(31)32-6)21-26-12-18(28-21)16-7-9-17(10-8-16)25-33-23(2,3)24(4,5)34-25/h7-10,12,15,19H,11,13-14H2,1-6H3,(H,26,28)(H,27,31). The number of likely N-dealkylation sites (tertiary alicyclic amines) is 1. The number of methoxy groups -OCH3 is 1. The predicted molar refractivity (Wildman–Crippen MR) is 128 cm³/mol. The first-order valence-corrected chi connectivity index (χ1v) is 11.6. The summed E-state index contributed by atoms with van der Waals surface area (Å²) in [5.41, 5.74) is 1.94. The first-order chi connectivity index (χ1) is 16.0. The molecule has 10 heteroatoms. The molecule has 2 amide bonds. The van der Waals surface area contributed by atoms with Crippen LogP contribution in [0.5, 0.6) is 0 Å². The molecule has 0 bridgehead atoms. The van der Waals surface area contributed by atoms with E-state index < -0.39 is 13.2 Å². The van der Waals surface area contributed by atoms with Gasteiger partial charge in [-0.3, -0.25) is 4.79 Å². The van der Waals surface area contributed by atoms with Crippen molar-refractivity contribution >= 4 is 24.6 Å². The maximum absolute atomic E-state index is 12.7. The number of aromatic nitrogens is 2. The number of rotatable bonds is 5. The van der Waals surface area contributed by atoms with Crippen LogP contribution >= 0.6 is 0 Å². The number of amides is 2. The Balaban J connectivity index is 1.46. The highest BCUT2D eigenvalue weighted by atomic mass is 16.7. The number of aromatic amines is 1. The van der Waals surface area contributed by atoms with Gasteiger partial charge in [0.1, 0.15) is 12.4 Å². The number of hydrogen-bond donors (Lipinski definition) is 2. The van der Waals surface area contributed by atoms with Gasteiger partial charge in [0.05, 0.1) is 30.0 Å². The number of carbonyl (C=O) groups is 2. The van der Waals surface area contributed by atoms with Crippen molar-refractivity contribution in [3.05, 3.63) is 36.3 Å². The van der Waals surface area contributed by atoms with Gasteiger partial charge in [-0.25, -0.2) is 9.78 Å². The number of ether oxygens (including phenoxy) is 1. The van der Waals surface area contributed by atoms with E-state index >= 15 is 0 Å². The van der Waals surface area contributed by atoms with Crippen LogP contribution in [0.15, 0.2) is 30.5 Å². The van der Waals surface area contributed by atoms with Gasteiger partial charge in [0.2, 0.25) is 5.91 Å². The van der Waals surface area contributed by atoms with Crippen LogP contribution in [-0.4, -0.2) is 65.4 Å². The lowest BCUT2D eigenvalue weighted by molar-refractivity contribution is -0.131. The molecule has 1 aromatic heterocycles. The molecular formula is C24H33BN4O5. The Morgan fingerprint density at radius 2 is 1.85 bits per heavy atom. The summed E-state index contributed by atoms with van der Waals surface area (Å²) in [5, 5.41) is 2.46. The van der Waals surface area contributed by atoms with E-state index in [-0.39, 0.29) is 29.7 Å². The van der Waals surface area contributed by atoms with Gasteiger partial charge in [-0.15, -0.1) is 0 Å². The van der Waals surface area contributed by atoms with Crippen molar-refractivity contribution < 1.29 is 23.6 Å². The molecule has 2 atom stereocenters. The number of imidazole rings is 1. The molecule has 9 nitrogen and oxygen atoms in total. The van der Waals surface area contributed by atoms with Gasteiger partial charge in [-0.2, -0.15) is 0 Å². The van der Waals surface area contributed by atoms with Gasteiger partial charge in [0.25, 0.3) is 0 Å². The maximum atomic E-state index is 12.7. The summed E-state index contributed by atoms with van der Waals surface area (Å²) in [6, 6.07) is 7.83. The number of carbonyl (C=O) groups excluding carboxylic acids is 2. The van der Waals surface area contributed by atoms with E-state index in [0.29, 0.717) is 12.5 Å². The average molecular weight is 468 g/mol. The smallest absolute Gasteiger partial charge is 0.453 e. The molecule has 2 aliphatic heterocycles. The lowest BCUT2D eigenvalue weighted by Gasteiger charge is -2.32. The maximum Gasteiger partial charge on any atom is 0.494 e. The van der Waals surface area contributed by atoms with E-state index in [1.54, 1.807) is 4.90 Å². The summed E-state index contributed by atoms with van der Waals surface area (Å²) in [4.78, 5) is 33.9. The molecule has 2 aromatic rings. The Morgan fingerprint density at radius 3 is 2.47 bits per heavy atom. The number of nitrogens with one attached hydrogen (secondary N) is 2. The summed E-state index contributed by atoms with van der Waals surface area (Å²) in [5.74, 6) is 0.907. The fourth-order valence-corrected chi connectivity index (χ4v) is 4.35. The molecular weight excluding hydrogens is 435 g/mol. The first-order valence-electron chi connectivity index (χ1n) is 11.6. The van der Waals surface area contributed by atoms with Crippen LogP contribution in [0.4, 0.5) is 4.79 Å². The lowest BCUT2D eigenvalue weighted by Crippen LogP contribution is -2.41. The molecule has 4 rings (SSSR count). The molecule has 2 aliphatic rings. The van der Waals surface area contributed by atoms with Crippen LogP contribution in [0, 0.1) is 5.92 Å². The predicted octanol–water partition coefficient (Wildman–Crippen LogP) is 2.64. The van der Waals surface area contributed by atoms with Gasteiger partial charge < -0.3 is 29.2 Å². The lowest BCUT2D eigenvalue weighted by atomic mass is 9.79. The van der Waals surface area contributed by atoms with Gasteiger partial charge in [0, 0.05) is 18.3 Å². The van der Waals surface area contributed by atoms with Gasteiger partial charge >= 0.3 is 13.2 Å². The van der Waals surface area contributed by atoms with Crippen molar-refractivity contribution in [2.24, 2.45) is 5.92 Å². The highest BCUT2D eigenvalue weighted by Crippen LogP contribution is 2.37. The summed E-state index contributed by atoms with van der Waals surface area (Å²) in [6.07, 6.45) is 2.04. The third-order valence-electron chi connectivity index (χ3n) is 7.05. The minimum atomic E-state index is -0.624. The van der Waals surface area contributed by atoms with Gasteiger partial charge in [-0.05, 0) is 45.5 Å². The van der Waals surface area contributed by atoms with E-state index in [1.165, 1.54) is 7.11 Å². The van der Waals surface area contributed by atoms with Crippen molar-refractivity contribution in [3.63, 3.8) is 0 Å². The molecule has 2 N–H and O–H groups in total. The quantitative estimate of drug-likeness (QED) is 0.654. The zero-order chi connectivity index (χ0) is 24.7. The fourth-order valence-electron chi connectivity index (χ4n) is 4.35. The highest BCUT2D eigenvalue weighted by molar-refractivity contribution is 6.62. The topological polar surface area (TPSA) is 106 Å². The number of hydrogen-bond acceptors (Lipinski definition) is 6. The van der Waals surface area contributed by atoms with Crippen LogP contribution in [0.1, 0.15) is 52.9 Å². The van der Waals surface area contributed by atoms with E-state index in [4.69, 9.17) is 14.3 Å². The number of benzene rings is 1. The molecule has 0 aliphatic carbocycles. The second-order valence-electron chi connectivity index (χ2n) is 10.1. The summed E-state index contributed by atoms with van der Waals surface area (Å²) < 4.78 is 16.8. The molecule has 0 radical (unpaired) electrons. The van der Waals surface area contributed by atoms with E-state index in [0.717, 1.165) is 29.0 Å². The molecule has 0 spiro atoms. The zero-order valence-corrected chi connectivity index (χ0v) is 20.7. The fraction of sp³-hybridized carbons (Fsp3) is 0.542. The van der Waals surface area contributed by atoms with E-state index in [2.05, 4.69) is 22.0 Å². The third-order valence-corrected chi connectivity index (χ3v) is 7.05. The molecule has 1 aromatic carbocycles. The average Bonchev–Trinajstić information content (AvgIpc) is 3.48. The Labute approximate surface area is 200 Å². The normalized spacial score (nSPS) is 23.2. The van der Waals surface area contributed by atoms with Crippen molar-refractivity contribution in [2.45, 2.75) is 58.3 Å². The SMILES string of the molecule is COC(=O)NCC(=O)N1CC(C)CC1c1nc(-c2ccc(B3OC(C)(C)C(C)(C)O3)cc2)c[nH]1. The molecule has 2 fully saturated rings. The molecule has 34 heavy (non-hydrogen) atoms. The Kier molecular flexibility index (Phi) is 6.48. The van der Waals surface area contributed by atoms with Crippen LogP contribution in [0.3, 0.4) is 0 Å². The molecule has 182 valence electrons. The van der Waals surface area contributed by atoms with Crippen molar-refractivity contribution in [1.82, 2.24) is 20.2 Å². The van der Waals surface area contributed by atoms with Crippen molar-refractivity contribution in [2.75, 3.05) is 20.2 Å². The van der Waals surface area contributed by atoms with Crippen LogP contribution < -0.4 is 10.8 Å². The van der Waals surface area contributed by atoms with Gasteiger partial charge in [-0.1, -0.05) is 31.2 Å². The van der Waals surface area contributed by atoms with Crippen molar-refractivity contribution in [3.8, 4) is 11.3 Å². The number of alkyl carbamates (subject to hydrolysis) is 1. The van der Waals surface area contributed by atoms with E-state index in [1.807, 2.05) is 58.2 Å². The molecule has 2 unspecified atom stereocenters. The Bertz CT molecular complexity index is 1040. The largest absolute Gasteiger partial charge is 0.494 e. The zero-order valence-electron chi connectivity index (χ0n) is 20.7. The van der Waals surface area contributed by atoms with Crippen LogP contribution in [-0.2, 0) is 18.8 Å². The van der Waals surface area contributed by atoms with Crippen molar-refractivity contribution in [1.29, 1.82) is 0 Å². The third kappa shape index (κ3) is 4.70. The monoisotopic (exact) mass is 468 g/mol. The summed E-state index contributed by atoms with van der Waals surface area (Å²) >= 11 is 0. The number of H-pyrrole nitrogens is 1. The second-order valence-corrected chi connectivity index (χ2v) is 10.1. The minimum absolute atomic E-state index is 0.107. The molecule has 0 saturated carbocycles. The Hall–Kier alpha value is -2.85. The number of nitrogens with zero attached hydrogens (tertiary/aromatic N) is 2. The minimum Gasteiger partial charge on any atom is -0.453 e. The summed E-state index contributed by atoms with van der Waals surface area (Å²) in [6.45, 7) is 10.8. The second kappa shape index (κ2) is 9.07. The van der Waals surface area contributed by atoms with E-state index in [9.17, 15) is 9.59 Å². The van der Waals surface area contributed by atoms with Crippen LogP contribution in [0.2, 0.25) is 0 Å². The highest BCUT2D eigenvalue weighted by Gasteiger charge is 2.51. The van der Waals surface area contributed by atoms with Crippen LogP contribution in [0.25, 0.3) is 11.3 Å².